The van der Waals surface area contributed by atoms with E-state index < -0.39 is 81.9 Å². The van der Waals surface area contributed by atoms with Crippen molar-refractivity contribution in [2.75, 3.05) is 0 Å². The van der Waals surface area contributed by atoms with Crippen LogP contribution in [-0.2, 0) is 29.2 Å². The van der Waals surface area contributed by atoms with Crippen LogP contribution in [0.3, 0.4) is 0 Å². The first-order chi connectivity index (χ1) is 18.0. The lowest BCUT2D eigenvalue weighted by Crippen LogP contribution is -2.70. The quantitative estimate of drug-likeness (QED) is 0.137. The molecule has 0 aliphatic rings. The lowest BCUT2D eigenvalue weighted by molar-refractivity contribution is -0.569. The third-order valence-corrected chi connectivity index (χ3v) is 4.75. The molecular weight excluding hydrogens is 728 g/mol. The van der Waals surface area contributed by atoms with Crippen molar-refractivity contribution in [2.24, 2.45) is 0 Å². The monoisotopic (exact) mass is 728 g/mol. The van der Waals surface area contributed by atoms with Gasteiger partial charge in [-0.05, 0) is 0 Å². The largest absolute Gasteiger partial charge is 0.471 e. The van der Waals surface area contributed by atoms with Crippen LogP contribution in [0.5, 0.6) is 0 Å². The standard InChI is InChI=1S/C12F24O6S/c13-2(14,12(34,35)43(36,38)39)1(37)40-10(30,31)4(17,7(22,23)24)42-11(32,33)5(18,8(25,26)27)41-9(28,29)3(15,16)6(19,20)21. The Kier molecular flexibility index (Phi) is 9.79. The summed E-state index contributed by atoms with van der Waals surface area (Å²) in [6, 6.07) is 0. The SMILES string of the molecule is O=C(OC(F)(F)C(F)(OC(F)(F)C(F)(OC(F)(F)C(F)(F)C(F)(F)F)C(F)(F)F)C(F)(F)F)C(F)(F)C(F)(F)S(=O)(=O)F. The maximum Gasteiger partial charge on any atom is 0.471 e. The van der Waals surface area contributed by atoms with Gasteiger partial charge in [0.15, 0.2) is 0 Å². The zero-order valence-corrected chi connectivity index (χ0v) is 18.7. The van der Waals surface area contributed by atoms with Gasteiger partial charge in [0.2, 0.25) is 0 Å². The van der Waals surface area contributed by atoms with E-state index in [0.717, 1.165) is 9.47 Å². The minimum Gasteiger partial charge on any atom is -0.391 e. The summed E-state index contributed by atoms with van der Waals surface area (Å²) in [4.78, 5) is 10.8. The van der Waals surface area contributed by atoms with Crippen molar-refractivity contribution in [3.63, 3.8) is 0 Å². The van der Waals surface area contributed by atoms with Gasteiger partial charge in [0.25, 0.3) is 0 Å². The van der Waals surface area contributed by atoms with E-state index in [4.69, 9.17) is 0 Å². The van der Waals surface area contributed by atoms with Crippen molar-refractivity contribution in [1.82, 2.24) is 0 Å². The molecule has 31 heteroatoms. The van der Waals surface area contributed by atoms with Crippen molar-refractivity contribution >= 4 is 16.2 Å². The van der Waals surface area contributed by atoms with Crippen LogP contribution in [0.2, 0.25) is 0 Å². The molecule has 0 aromatic carbocycles. The van der Waals surface area contributed by atoms with E-state index in [1.54, 1.807) is 0 Å². The van der Waals surface area contributed by atoms with Crippen LogP contribution >= 0.6 is 0 Å². The Morgan fingerprint density at radius 3 is 1.05 bits per heavy atom. The maximum absolute atomic E-state index is 14.0. The molecule has 0 heterocycles. The van der Waals surface area contributed by atoms with Gasteiger partial charge >= 0.3 is 81.9 Å². The predicted octanol–water partition coefficient (Wildman–Crippen LogP) is 6.52. The Bertz CT molecular complexity index is 1150. The van der Waals surface area contributed by atoms with Crippen molar-refractivity contribution in [2.45, 2.75) is 65.7 Å². The molecule has 0 aliphatic carbocycles. The van der Waals surface area contributed by atoms with Crippen molar-refractivity contribution in [1.29, 1.82) is 0 Å². The normalized spacial score (nSPS) is 18.6. The van der Waals surface area contributed by atoms with Crippen LogP contribution < -0.4 is 0 Å². The molecule has 0 aliphatic heterocycles. The summed E-state index contributed by atoms with van der Waals surface area (Å²) in [5.74, 6) is -38.8. The van der Waals surface area contributed by atoms with E-state index in [0.29, 0.717) is 0 Å². The first kappa shape index (κ1) is 40.7. The molecule has 0 spiro atoms. The second kappa shape index (κ2) is 10.4. The average molecular weight is 728 g/mol. The molecule has 258 valence electrons. The Hall–Kier alpha value is -2.34. The Labute approximate surface area is 215 Å². The van der Waals surface area contributed by atoms with Crippen molar-refractivity contribution < 1.29 is 132 Å². The smallest absolute Gasteiger partial charge is 0.391 e. The van der Waals surface area contributed by atoms with E-state index in [9.17, 15) is 118 Å². The highest BCUT2D eigenvalue weighted by Crippen LogP contribution is 2.58. The highest BCUT2D eigenvalue weighted by atomic mass is 32.3. The van der Waals surface area contributed by atoms with Crippen LogP contribution in [0.25, 0.3) is 0 Å². The van der Waals surface area contributed by atoms with Gasteiger partial charge in [-0.3, -0.25) is 9.47 Å². The second-order valence-electron chi connectivity index (χ2n) is 6.93. The van der Waals surface area contributed by atoms with Crippen molar-refractivity contribution in [3.05, 3.63) is 0 Å². The van der Waals surface area contributed by atoms with Crippen LogP contribution in [0.15, 0.2) is 0 Å². The van der Waals surface area contributed by atoms with Crippen molar-refractivity contribution in [3.8, 4) is 0 Å². The molecule has 2 atom stereocenters. The van der Waals surface area contributed by atoms with Gasteiger partial charge in [-0.1, -0.05) is 3.89 Å². The lowest BCUT2D eigenvalue weighted by Gasteiger charge is -2.41. The number of rotatable bonds is 11. The van der Waals surface area contributed by atoms with E-state index in [1.165, 1.54) is 4.74 Å². The fourth-order valence-corrected chi connectivity index (χ4v) is 2.12. The maximum atomic E-state index is 14.0. The number of carbonyl (C=O) groups is 1. The van der Waals surface area contributed by atoms with Crippen LogP contribution in [0.4, 0.5) is 105 Å². The van der Waals surface area contributed by atoms with Gasteiger partial charge in [-0.15, -0.1) is 0 Å². The highest BCUT2D eigenvalue weighted by Gasteiger charge is 2.88. The lowest BCUT2D eigenvalue weighted by atomic mass is 10.2. The molecule has 0 saturated heterocycles. The molecule has 43 heavy (non-hydrogen) atoms. The molecular formula is C12F24O6S. The summed E-state index contributed by atoms with van der Waals surface area (Å²) in [6.45, 7) is 0. The summed E-state index contributed by atoms with van der Waals surface area (Å²) in [5, 5.41) is -7.69. The second-order valence-corrected chi connectivity index (χ2v) is 8.32. The molecule has 2 unspecified atom stereocenters. The summed E-state index contributed by atoms with van der Waals surface area (Å²) >= 11 is 0. The van der Waals surface area contributed by atoms with Gasteiger partial charge < -0.3 is 4.74 Å². The number of ether oxygens (including phenoxy) is 3. The van der Waals surface area contributed by atoms with E-state index in [-0.39, 0.29) is 0 Å². The number of hydrogen-bond acceptors (Lipinski definition) is 6. The molecule has 0 radical (unpaired) electrons. The topological polar surface area (TPSA) is 78.9 Å². The zero-order chi connectivity index (χ0) is 35.7. The molecule has 0 rings (SSSR count). The van der Waals surface area contributed by atoms with Gasteiger partial charge in [0, 0.05) is 0 Å². The number of alkyl halides is 23. The fraction of sp³-hybridized carbons (Fsp3) is 0.917. The molecule has 6 nitrogen and oxygen atoms in total. The van der Waals surface area contributed by atoms with E-state index in [2.05, 4.69) is 0 Å². The molecule has 0 aromatic rings. The molecule has 0 N–H and O–H groups in total. The molecule has 0 amide bonds. The Morgan fingerprint density at radius 2 is 0.767 bits per heavy atom. The van der Waals surface area contributed by atoms with Crippen LogP contribution in [0.1, 0.15) is 0 Å². The summed E-state index contributed by atoms with van der Waals surface area (Å²) in [6.07, 6.45) is -50.5. The Balaban J connectivity index is 7.18. The number of esters is 1. The third kappa shape index (κ3) is 6.55. The number of carbonyl (C=O) groups excluding carboxylic acids is 1. The summed E-state index contributed by atoms with van der Waals surface area (Å²) in [7, 11) is -8.23. The first-order valence-electron chi connectivity index (χ1n) is 8.47. The average Bonchev–Trinajstić information content (AvgIpc) is 2.68. The predicted molar refractivity (Wildman–Crippen MR) is 73.8 cm³/mol. The van der Waals surface area contributed by atoms with Gasteiger partial charge in [-0.2, -0.15) is 109 Å². The molecule has 0 aromatic heterocycles. The van der Waals surface area contributed by atoms with Crippen LogP contribution in [0, 0.1) is 0 Å². The van der Waals surface area contributed by atoms with E-state index >= 15 is 0 Å². The van der Waals surface area contributed by atoms with Gasteiger partial charge in [-0.25, -0.2) is 4.79 Å². The third-order valence-electron chi connectivity index (χ3n) is 3.89. The number of halogens is 24. The molecule has 0 saturated carbocycles. The summed E-state index contributed by atoms with van der Waals surface area (Å²) < 4.78 is 334. The minimum absolute atomic E-state index is 0.951. The number of hydrogen-bond donors (Lipinski definition) is 0. The zero-order valence-electron chi connectivity index (χ0n) is 17.9. The Morgan fingerprint density at radius 1 is 0.465 bits per heavy atom. The minimum atomic E-state index is -8.83. The first-order valence-corrected chi connectivity index (χ1v) is 9.85. The highest BCUT2D eigenvalue weighted by molar-refractivity contribution is 7.87. The van der Waals surface area contributed by atoms with Gasteiger partial charge in [0.1, 0.15) is 0 Å². The molecule has 0 fully saturated rings. The van der Waals surface area contributed by atoms with Crippen LogP contribution in [-0.4, -0.2) is 80.1 Å². The molecule has 0 bridgehead atoms. The fourth-order valence-electron chi connectivity index (χ4n) is 1.73. The summed E-state index contributed by atoms with van der Waals surface area (Å²) in [5.41, 5.74) is 0. The van der Waals surface area contributed by atoms with E-state index in [1.807, 2.05) is 0 Å². The van der Waals surface area contributed by atoms with Gasteiger partial charge in [0.05, 0.1) is 0 Å².